The highest BCUT2D eigenvalue weighted by molar-refractivity contribution is 5.89. The first kappa shape index (κ1) is 19.2. The summed E-state index contributed by atoms with van der Waals surface area (Å²) in [6, 6.07) is 0.996. The van der Waals surface area contributed by atoms with E-state index in [4.69, 9.17) is 0 Å². The van der Waals surface area contributed by atoms with E-state index < -0.39 is 0 Å². The summed E-state index contributed by atoms with van der Waals surface area (Å²) >= 11 is 0. The van der Waals surface area contributed by atoms with E-state index in [2.05, 4.69) is 31.4 Å². The van der Waals surface area contributed by atoms with Crippen molar-refractivity contribution in [2.45, 2.75) is 71.0 Å². The number of likely N-dealkylation sites (tertiary alicyclic amines) is 1. The first-order valence-electron chi connectivity index (χ1n) is 8.38. The minimum Gasteiger partial charge on any atom is -0.353 e. The molecule has 2 rings (SSSR count). The molecular formula is C16H30ClN3O2. The van der Waals surface area contributed by atoms with Gasteiger partial charge in [-0.3, -0.25) is 9.59 Å². The lowest BCUT2D eigenvalue weighted by Gasteiger charge is -2.30. The average molecular weight is 332 g/mol. The number of piperidine rings is 1. The van der Waals surface area contributed by atoms with Crippen molar-refractivity contribution in [3.63, 3.8) is 0 Å². The summed E-state index contributed by atoms with van der Waals surface area (Å²) in [6.07, 6.45) is 4.25. The Bertz CT molecular complexity index is 388. The molecule has 5 nitrogen and oxygen atoms in total. The van der Waals surface area contributed by atoms with Crippen molar-refractivity contribution in [2.24, 2.45) is 5.92 Å². The zero-order chi connectivity index (χ0) is 15.4. The summed E-state index contributed by atoms with van der Waals surface area (Å²) in [5, 5.41) is 6.53. The predicted octanol–water partition coefficient (Wildman–Crippen LogP) is 1.70. The topological polar surface area (TPSA) is 61.4 Å². The summed E-state index contributed by atoms with van der Waals surface area (Å²) in [6.45, 7) is 7.90. The highest BCUT2D eigenvalue weighted by Gasteiger charge is 2.37. The Hall–Kier alpha value is -0.810. The van der Waals surface area contributed by atoms with Crippen LogP contribution in [-0.2, 0) is 9.59 Å². The fourth-order valence-electron chi connectivity index (χ4n) is 3.57. The van der Waals surface area contributed by atoms with Gasteiger partial charge in [-0.15, -0.1) is 12.4 Å². The number of halogens is 1. The van der Waals surface area contributed by atoms with E-state index >= 15 is 0 Å². The largest absolute Gasteiger partial charge is 0.353 e. The minimum atomic E-state index is -0.164. The van der Waals surface area contributed by atoms with Gasteiger partial charge in [-0.1, -0.05) is 13.8 Å². The van der Waals surface area contributed by atoms with E-state index in [-0.39, 0.29) is 42.2 Å². The van der Waals surface area contributed by atoms with Crippen LogP contribution in [0, 0.1) is 5.92 Å². The standard InChI is InChI=1S/C16H29N3O2.ClH/c1-4-14(5-2)19-10-12(9-15(19)20)16(21)18-13-6-7-17-11(3)8-13;/h11-14,17H,4-10H2,1-3H3,(H,18,21);1H. The first-order chi connectivity index (χ1) is 10.0. The van der Waals surface area contributed by atoms with Crippen LogP contribution in [0.5, 0.6) is 0 Å². The lowest BCUT2D eigenvalue weighted by molar-refractivity contribution is -0.130. The third-order valence-corrected chi connectivity index (χ3v) is 4.88. The second-order valence-electron chi connectivity index (χ2n) is 6.50. The van der Waals surface area contributed by atoms with Crippen LogP contribution in [0.3, 0.4) is 0 Å². The second-order valence-corrected chi connectivity index (χ2v) is 6.50. The lowest BCUT2D eigenvalue weighted by atomic mass is 9.99. The molecule has 2 heterocycles. The lowest BCUT2D eigenvalue weighted by Crippen LogP contribution is -2.48. The van der Waals surface area contributed by atoms with Gasteiger partial charge < -0.3 is 15.5 Å². The minimum absolute atomic E-state index is 0. The zero-order valence-corrected chi connectivity index (χ0v) is 14.7. The van der Waals surface area contributed by atoms with Crippen molar-refractivity contribution >= 4 is 24.2 Å². The van der Waals surface area contributed by atoms with E-state index in [1.807, 2.05) is 4.90 Å². The maximum absolute atomic E-state index is 12.4. The summed E-state index contributed by atoms with van der Waals surface area (Å²) in [5.41, 5.74) is 0. The molecule has 0 radical (unpaired) electrons. The van der Waals surface area contributed by atoms with Crippen molar-refractivity contribution in [3.05, 3.63) is 0 Å². The molecule has 0 aromatic rings. The van der Waals surface area contributed by atoms with Crippen LogP contribution < -0.4 is 10.6 Å². The van der Waals surface area contributed by atoms with Crippen molar-refractivity contribution in [1.82, 2.24) is 15.5 Å². The van der Waals surface area contributed by atoms with Gasteiger partial charge in [0.2, 0.25) is 11.8 Å². The zero-order valence-electron chi connectivity index (χ0n) is 13.9. The molecule has 0 spiro atoms. The SMILES string of the molecule is CCC(CC)N1CC(C(=O)NC2CCNC(C)C2)CC1=O.Cl. The van der Waals surface area contributed by atoms with Crippen LogP contribution in [0.1, 0.15) is 52.9 Å². The molecule has 2 fully saturated rings. The molecule has 0 aromatic carbocycles. The van der Waals surface area contributed by atoms with E-state index in [1.54, 1.807) is 0 Å². The average Bonchev–Trinajstić information content (AvgIpc) is 2.83. The van der Waals surface area contributed by atoms with Crippen LogP contribution in [0.15, 0.2) is 0 Å². The van der Waals surface area contributed by atoms with Gasteiger partial charge >= 0.3 is 0 Å². The molecule has 0 saturated carbocycles. The Balaban J connectivity index is 0.00000242. The molecule has 0 aliphatic carbocycles. The Morgan fingerprint density at radius 2 is 2.09 bits per heavy atom. The fourth-order valence-corrected chi connectivity index (χ4v) is 3.57. The normalized spacial score (nSPS) is 28.6. The number of nitrogens with zero attached hydrogens (tertiary/aromatic N) is 1. The van der Waals surface area contributed by atoms with Gasteiger partial charge in [0.15, 0.2) is 0 Å². The molecule has 22 heavy (non-hydrogen) atoms. The van der Waals surface area contributed by atoms with Gasteiger partial charge in [-0.05, 0) is 39.2 Å². The maximum atomic E-state index is 12.4. The highest BCUT2D eigenvalue weighted by atomic mass is 35.5. The molecule has 3 atom stereocenters. The molecule has 2 amide bonds. The van der Waals surface area contributed by atoms with Gasteiger partial charge in [-0.2, -0.15) is 0 Å². The number of nitrogens with one attached hydrogen (secondary N) is 2. The van der Waals surface area contributed by atoms with E-state index in [1.165, 1.54) is 0 Å². The Morgan fingerprint density at radius 3 is 2.68 bits per heavy atom. The van der Waals surface area contributed by atoms with E-state index in [9.17, 15) is 9.59 Å². The Labute approximate surface area is 140 Å². The highest BCUT2D eigenvalue weighted by Crippen LogP contribution is 2.23. The predicted molar refractivity (Wildman–Crippen MR) is 90.1 cm³/mol. The molecule has 3 unspecified atom stereocenters. The number of carbonyl (C=O) groups excluding carboxylic acids is 2. The third-order valence-electron chi connectivity index (χ3n) is 4.88. The quantitative estimate of drug-likeness (QED) is 0.806. The molecule has 2 saturated heterocycles. The summed E-state index contributed by atoms with van der Waals surface area (Å²) < 4.78 is 0. The van der Waals surface area contributed by atoms with Crippen LogP contribution in [-0.4, -0.2) is 47.9 Å². The van der Waals surface area contributed by atoms with Gasteiger partial charge in [0.25, 0.3) is 0 Å². The molecule has 6 heteroatoms. The van der Waals surface area contributed by atoms with Crippen LogP contribution >= 0.6 is 12.4 Å². The molecule has 0 aromatic heterocycles. The summed E-state index contributed by atoms with van der Waals surface area (Å²) in [4.78, 5) is 26.4. The maximum Gasteiger partial charge on any atom is 0.225 e. The van der Waals surface area contributed by atoms with Crippen molar-refractivity contribution < 1.29 is 9.59 Å². The number of hydrogen-bond acceptors (Lipinski definition) is 3. The number of carbonyl (C=O) groups is 2. The number of amides is 2. The molecule has 2 N–H and O–H groups in total. The number of hydrogen-bond donors (Lipinski definition) is 2. The van der Waals surface area contributed by atoms with Crippen molar-refractivity contribution in [1.29, 1.82) is 0 Å². The van der Waals surface area contributed by atoms with Gasteiger partial charge in [0.05, 0.1) is 5.92 Å². The second kappa shape index (κ2) is 8.73. The van der Waals surface area contributed by atoms with Crippen molar-refractivity contribution in [3.8, 4) is 0 Å². The Morgan fingerprint density at radius 1 is 1.41 bits per heavy atom. The van der Waals surface area contributed by atoms with E-state index in [0.29, 0.717) is 19.0 Å². The smallest absolute Gasteiger partial charge is 0.225 e. The van der Waals surface area contributed by atoms with Gasteiger partial charge in [-0.25, -0.2) is 0 Å². The van der Waals surface area contributed by atoms with Gasteiger partial charge in [0, 0.05) is 31.1 Å². The first-order valence-corrected chi connectivity index (χ1v) is 8.38. The van der Waals surface area contributed by atoms with Crippen LogP contribution in [0.25, 0.3) is 0 Å². The van der Waals surface area contributed by atoms with Crippen molar-refractivity contribution in [2.75, 3.05) is 13.1 Å². The van der Waals surface area contributed by atoms with Crippen LogP contribution in [0.2, 0.25) is 0 Å². The fraction of sp³-hybridized carbons (Fsp3) is 0.875. The molecule has 2 aliphatic rings. The van der Waals surface area contributed by atoms with Gasteiger partial charge in [0.1, 0.15) is 0 Å². The molecular weight excluding hydrogens is 302 g/mol. The molecule has 0 bridgehead atoms. The molecule has 2 aliphatic heterocycles. The number of rotatable bonds is 5. The van der Waals surface area contributed by atoms with Crippen LogP contribution in [0.4, 0.5) is 0 Å². The Kier molecular flexibility index (Phi) is 7.63. The summed E-state index contributed by atoms with van der Waals surface area (Å²) in [7, 11) is 0. The third kappa shape index (κ3) is 4.59. The summed E-state index contributed by atoms with van der Waals surface area (Å²) in [5.74, 6) is 0.0433. The molecule has 128 valence electrons. The van der Waals surface area contributed by atoms with E-state index in [0.717, 1.165) is 32.2 Å². The monoisotopic (exact) mass is 331 g/mol.